The van der Waals surface area contributed by atoms with E-state index in [1.54, 1.807) is 52.0 Å². The second-order valence-corrected chi connectivity index (χ2v) is 15.7. The van der Waals surface area contributed by atoms with Crippen LogP contribution in [-0.2, 0) is 109 Å². The summed E-state index contributed by atoms with van der Waals surface area (Å²) in [5.74, 6) is -7.20. The molecular formula is C48H56N4O16. The topological polar surface area (TPSA) is 318 Å². The van der Waals surface area contributed by atoms with Crippen LogP contribution in [0.3, 0.4) is 0 Å². The fraction of sp³-hybridized carbons (Fsp3) is 0.417. The number of ether oxygens (including phenoxy) is 4. The molecule has 4 aromatic rings. The number of carboxylic acid groups (broad SMARTS) is 4. The number of hydrogen-bond donors (Lipinski definition) is 8. The van der Waals surface area contributed by atoms with Crippen LogP contribution in [0, 0.1) is 0 Å². The van der Waals surface area contributed by atoms with Crippen molar-refractivity contribution < 1.29 is 77.7 Å². The highest BCUT2D eigenvalue weighted by Gasteiger charge is 2.25. The van der Waals surface area contributed by atoms with Crippen LogP contribution in [0.15, 0.2) is 0 Å². The van der Waals surface area contributed by atoms with E-state index in [1.807, 2.05) is 0 Å². The van der Waals surface area contributed by atoms with Crippen LogP contribution in [0.25, 0.3) is 24.3 Å². The molecule has 0 saturated carbocycles. The Bertz CT molecular complexity index is 2660. The molecule has 364 valence electrons. The molecule has 8 bridgehead atoms. The van der Waals surface area contributed by atoms with Gasteiger partial charge in [0.05, 0.1) is 52.1 Å². The van der Waals surface area contributed by atoms with Crippen molar-refractivity contribution in [2.45, 2.75) is 105 Å². The number of aliphatic carboxylic acids is 4. The summed E-state index contributed by atoms with van der Waals surface area (Å²) >= 11 is 0. The first-order valence-electron chi connectivity index (χ1n) is 22.3. The van der Waals surface area contributed by atoms with Crippen molar-refractivity contribution in [2.75, 3.05) is 26.4 Å². The largest absolute Gasteiger partial charge is 0.481 e. The number of carboxylic acids is 4. The molecule has 0 radical (unpaired) electrons. The molecule has 0 spiro atoms. The van der Waals surface area contributed by atoms with Crippen molar-refractivity contribution >= 4 is 72.1 Å². The first-order chi connectivity index (χ1) is 32.5. The smallest absolute Gasteiger partial charge is 0.307 e. The van der Waals surface area contributed by atoms with Crippen LogP contribution in [0.1, 0.15) is 121 Å². The summed E-state index contributed by atoms with van der Waals surface area (Å²) in [6.07, 6.45) is 3.14. The SMILES string of the molecule is CCOC(=O)CCc1c2[nH]c(c1CC(=O)O)C=c1[nH]c(c(CC(=O)O)c1CCC(=O)OCC)=Cc1[nH]c(c(CC(=O)O)c1CCC(=O)OCC)C=c1[nH]c(c(CC(=O)O)c1CCC(=O)OCC)=C2. The van der Waals surface area contributed by atoms with Gasteiger partial charge in [-0.2, -0.15) is 0 Å². The van der Waals surface area contributed by atoms with Gasteiger partial charge in [0.2, 0.25) is 0 Å². The zero-order chi connectivity index (χ0) is 49.7. The van der Waals surface area contributed by atoms with Gasteiger partial charge in [0.1, 0.15) is 0 Å². The van der Waals surface area contributed by atoms with Crippen molar-refractivity contribution in [3.63, 3.8) is 0 Å². The van der Waals surface area contributed by atoms with Gasteiger partial charge in [0.15, 0.2) is 0 Å². The van der Waals surface area contributed by atoms with E-state index in [4.69, 9.17) is 18.9 Å². The average molecular weight is 945 g/mol. The van der Waals surface area contributed by atoms with Gasteiger partial charge < -0.3 is 59.3 Å². The van der Waals surface area contributed by atoms with Gasteiger partial charge in [-0.15, -0.1) is 0 Å². The van der Waals surface area contributed by atoms with E-state index in [0.717, 1.165) is 0 Å². The molecule has 5 rings (SSSR count). The maximum atomic E-state index is 12.8. The van der Waals surface area contributed by atoms with Crippen LogP contribution in [0.2, 0.25) is 0 Å². The minimum Gasteiger partial charge on any atom is -0.481 e. The lowest BCUT2D eigenvalue weighted by Crippen LogP contribution is -2.15. The standard InChI is InChI=1S/C48H56N4O16/c1-5-65-45(61)13-9-25-29(17-41(53)54)37-22-34-27(11-15-47(63)67-7-3)31(19-43(57)58)39(51-34)24-36-28(12-16-48(64)68-8-4)32(20-44(59)60)40(52-36)23-35-26(10-14-46(62)66-6-2)30(18-42(55)56)38(50-35)21-33(25)49-37/h21-24,49-52H,5-20H2,1-4H3,(H,53,54)(H,55,56)(H,57,58)(H,59,60). The number of carbonyl (C=O) groups is 8. The van der Waals surface area contributed by atoms with E-state index in [0.29, 0.717) is 22.3 Å². The van der Waals surface area contributed by atoms with Gasteiger partial charge in [0.25, 0.3) is 0 Å². The van der Waals surface area contributed by atoms with Crippen molar-refractivity contribution in [2.24, 2.45) is 0 Å². The molecular weight excluding hydrogens is 889 g/mol. The molecule has 0 fully saturated rings. The summed E-state index contributed by atoms with van der Waals surface area (Å²) < 4.78 is 20.8. The predicted molar refractivity (Wildman–Crippen MR) is 241 cm³/mol. The van der Waals surface area contributed by atoms with E-state index in [1.165, 1.54) is 0 Å². The summed E-state index contributed by atoms with van der Waals surface area (Å²) in [5, 5.41) is 42.1. The Morgan fingerprint density at radius 1 is 0.353 bits per heavy atom. The molecule has 0 saturated heterocycles. The van der Waals surface area contributed by atoms with Crippen molar-refractivity contribution in [1.82, 2.24) is 19.9 Å². The number of rotatable bonds is 24. The number of esters is 4. The Morgan fingerprint density at radius 3 is 0.853 bits per heavy atom. The van der Waals surface area contributed by atoms with Crippen molar-refractivity contribution in [1.29, 1.82) is 0 Å². The third-order valence-electron chi connectivity index (χ3n) is 11.1. The fourth-order valence-corrected chi connectivity index (χ4v) is 8.44. The van der Waals surface area contributed by atoms with Gasteiger partial charge in [-0.25, -0.2) is 0 Å². The quantitative estimate of drug-likeness (QED) is 0.0317. The number of carbonyl (C=O) groups excluding carboxylic acids is 4. The number of aromatic nitrogens is 4. The molecule has 0 aliphatic carbocycles. The fourth-order valence-electron chi connectivity index (χ4n) is 8.44. The third-order valence-corrected chi connectivity index (χ3v) is 11.1. The Balaban J connectivity index is 2.05. The molecule has 8 N–H and O–H groups in total. The number of nitrogens with one attached hydrogen (secondary N) is 4. The van der Waals surface area contributed by atoms with Crippen LogP contribution in [0.5, 0.6) is 0 Å². The number of H-pyrrole nitrogens is 4. The summed E-state index contributed by atoms with van der Waals surface area (Å²) in [7, 11) is 0. The predicted octanol–water partition coefficient (Wildman–Crippen LogP) is 1.12. The zero-order valence-corrected chi connectivity index (χ0v) is 38.3. The Hall–Kier alpha value is -7.64. The molecule has 0 amide bonds. The van der Waals surface area contributed by atoms with Gasteiger partial charge in [-0.1, -0.05) is 0 Å². The Labute approximate surface area is 388 Å². The maximum Gasteiger partial charge on any atom is 0.307 e. The van der Waals surface area contributed by atoms with E-state index in [9.17, 15) is 58.8 Å². The van der Waals surface area contributed by atoms with Gasteiger partial charge in [-0.05, 0) is 122 Å². The maximum absolute atomic E-state index is 12.8. The first-order valence-corrected chi connectivity index (χ1v) is 22.3. The Kier molecular flexibility index (Phi) is 17.9. The molecule has 0 atom stereocenters. The van der Waals surface area contributed by atoms with Gasteiger partial charge in [-0.3, -0.25) is 38.4 Å². The van der Waals surface area contributed by atoms with Gasteiger partial charge in [0, 0.05) is 69.9 Å². The van der Waals surface area contributed by atoms with Crippen LogP contribution < -0.4 is 21.4 Å². The van der Waals surface area contributed by atoms with E-state index in [-0.39, 0.29) is 144 Å². The molecule has 0 unspecified atom stereocenters. The summed E-state index contributed by atoms with van der Waals surface area (Å²) in [6, 6.07) is 0. The molecule has 1 aliphatic rings. The minimum absolute atomic E-state index is 0.0386. The lowest BCUT2D eigenvalue weighted by molar-refractivity contribution is -0.144. The van der Waals surface area contributed by atoms with Crippen molar-refractivity contribution in [3.05, 3.63) is 88.7 Å². The minimum atomic E-state index is -1.23. The van der Waals surface area contributed by atoms with Gasteiger partial charge >= 0.3 is 47.8 Å². The summed E-state index contributed by atoms with van der Waals surface area (Å²) in [6.45, 7) is 6.90. The lowest BCUT2D eigenvalue weighted by atomic mass is 9.98. The highest BCUT2D eigenvalue weighted by molar-refractivity contribution is 5.79. The summed E-state index contributed by atoms with van der Waals surface area (Å²) in [4.78, 5) is 115. The monoisotopic (exact) mass is 944 g/mol. The zero-order valence-electron chi connectivity index (χ0n) is 38.3. The van der Waals surface area contributed by atoms with Crippen LogP contribution in [-0.4, -0.2) is 115 Å². The summed E-state index contributed by atoms with van der Waals surface area (Å²) in [5.41, 5.74) is 3.40. The highest BCUT2D eigenvalue weighted by Crippen LogP contribution is 2.27. The van der Waals surface area contributed by atoms with E-state index < -0.39 is 73.4 Å². The second kappa shape index (κ2) is 23.7. The second-order valence-electron chi connectivity index (χ2n) is 15.7. The molecule has 0 aromatic carbocycles. The van der Waals surface area contributed by atoms with Crippen LogP contribution >= 0.6 is 0 Å². The third kappa shape index (κ3) is 13.3. The molecule has 1 aliphatic heterocycles. The molecule has 5 heterocycles. The van der Waals surface area contributed by atoms with Crippen LogP contribution in [0.4, 0.5) is 0 Å². The normalized spacial score (nSPS) is 11.6. The lowest BCUT2D eigenvalue weighted by Gasteiger charge is -2.07. The van der Waals surface area contributed by atoms with E-state index >= 15 is 0 Å². The average Bonchev–Trinajstić information content (AvgIpc) is 3.94. The number of fused-ring (bicyclic) bond motifs is 8. The molecule has 20 heteroatoms. The van der Waals surface area contributed by atoms with Crippen molar-refractivity contribution in [3.8, 4) is 0 Å². The highest BCUT2D eigenvalue weighted by atomic mass is 16.5. The van der Waals surface area contributed by atoms with E-state index in [2.05, 4.69) is 19.9 Å². The first kappa shape index (κ1) is 51.3. The molecule has 68 heavy (non-hydrogen) atoms. The number of aromatic amines is 4. The molecule has 20 nitrogen and oxygen atoms in total. The molecule has 4 aromatic heterocycles. The Morgan fingerprint density at radius 2 is 0.588 bits per heavy atom. The number of hydrogen-bond acceptors (Lipinski definition) is 12.